The summed E-state index contributed by atoms with van der Waals surface area (Å²) in [5, 5.41) is 9.57. The molecule has 1 aromatic carbocycles. The zero-order valence-electron chi connectivity index (χ0n) is 13.1. The number of benzene rings is 1. The minimum atomic E-state index is -0.0547. The van der Waals surface area contributed by atoms with Crippen LogP contribution in [0.5, 0.6) is 0 Å². The average molecular weight is 393 g/mol. The predicted molar refractivity (Wildman–Crippen MR) is 103 cm³/mol. The fraction of sp³-hybridized carbons (Fsp3) is 0.118. The van der Waals surface area contributed by atoms with Gasteiger partial charge in [0.2, 0.25) is 5.91 Å². The molecule has 0 unspecified atom stereocenters. The Morgan fingerprint density at radius 2 is 2.04 bits per heavy atom. The molecule has 3 rings (SSSR count). The van der Waals surface area contributed by atoms with Gasteiger partial charge in [0, 0.05) is 18.4 Å². The van der Waals surface area contributed by atoms with E-state index in [1.54, 1.807) is 27.6 Å². The third-order valence-corrected chi connectivity index (χ3v) is 4.81. The predicted octanol–water partition coefficient (Wildman–Crippen LogP) is 4.35. The van der Waals surface area contributed by atoms with E-state index in [1.807, 2.05) is 30.3 Å². The van der Waals surface area contributed by atoms with Crippen LogP contribution in [0.1, 0.15) is 0 Å². The third kappa shape index (κ3) is 3.98. The van der Waals surface area contributed by atoms with E-state index in [-0.39, 0.29) is 11.7 Å². The standard InChI is InChI=1S/C17H14Cl2N4OS/c1-2-8-22(13-6-4-3-5-7-13)15(24)11-25-17-21-20-16-14(19)9-12(18)10-23(16)17/h2-7,9-10H,1,8,11H2. The Hall–Kier alpha value is -2.02. The van der Waals surface area contributed by atoms with E-state index in [0.29, 0.717) is 27.4 Å². The van der Waals surface area contributed by atoms with Crippen molar-refractivity contribution in [2.24, 2.45) is 0 Å². The van der Waals surface area contributed by atoms with Crippen LogP contribution < -0.4 is 4.90 Å². The number of hydrogen-bond acceptors (Lipinski definition) is 4. The highest BCUT2D eigenvalue weighted by Gasteiger charge is 2.17. The van der Waals surface area contributed by atoms with E-state index in [9.17, 15) is 4.79 Å². The van der Waals surface area contributed by atoms with Gasteiger partial charge in [0.05, 0.1) is 15.8 Å². The maximum atomic E-state index is 12.6. The summed E-state index contributed by atoms with van der Waals surface area (Å²) >= 11 is 13.4. The molecule has 0 radical (unpaired) electrons. The molecule has 2 heterocycles. The molecular formula is C17H14Cl2N4OS. The Balaban J connectivity index is 1.78. The second-order valence-electron chi connectivity index (χ2n) is 5.10. The first-order valence-electron chi connectivity index (χ1n) is 7.39. The molecule has 0 saturated carbocycles. The lowest BCUT2D eigenvalue weighted by Crippen LogP contribution is -2.32. The van der Waals surface area contributed by atoms with Crippen molar-refractivity contribution in [2.45, 2.75) is 5.16 Å². The molecule has 5 nitrogen and oxygen atoms in total. The van der Waals surface area contributed by atoms with Gasteiger partial charge in [-0.3, -0.25) is 9.20 Å². The summed E-state index contributed by atoms with van der Waals surface area (Å²) in [6.45, 7) is 4.15. The molecule has 0 fully saturated rings. The number of halogens is 2. The van der Waals surface area contributed by atoms with Crippen LogP contribution in [0.4, 0.5) is 5.69 Å². The molecule has 25 heavy (non-hydrogen) atoms. The van der Waals surface area contributed by atoms with Crippen LogP contribution in [0, 0.1) is 0 Å². The van der Waals surface area contributed by atoms with E-state index in [2.05, 4.69) is 16.8 Å². The molecule has 1 amide bonds. The van der Waals surface area contributed by atoms with Crippen molar-refractivity contribution >= 4 is 52.2 Å². The number of thioether (sulfide) groups is 1. The van der Waals surface area contributed by atoms with Crippen molar-refractivity contribution in [3.63, 3.8) is 0 Å². The molecule has 0 bridgehead atoms. The maximum Gasteiger partial charge on any atom is 0.237 e. The van der Waals surface area contributed by atoms with Crippen molar-refractivity contribution in [2.75, 3.05) is 17.2 Å². The number of aromatic nitrogens is 3. The van der Waals surface area contributed by atoms with Crippen molar-refractivity contribution in [1.29, 1.82) is 0 Å². The highest BCUT2D eigenvalue weighted by molar-refractivity contribution is 7.99. The summed E-state index contributed by atoms with van der Waals surface area (Å²) in [5.74, 6) is 0.147. The summed E-state index contributed by atoms with van der Waals surface area (Å²) in [6.07, 6.45) is 3.37. The first kappa shape index (κ1) is 17.8. The number of amides is 1. The van der Waals surface area contributed by atoms with E-state index >= 15 is 0 Å². The Morgan fingerprint density at radius 1 is 1.28 bits per heavy atom. The zero-order valence-corrected chi connectivity index (χ0v) is 15.4. The monoisotopic (exact) mass is 392 g/mol. The van der Waals surface area contributed by atoms with Crippen LogP contribution in [0.2, 0.25) is 10.0 Å². The molecule has 128 valence electrons. The van der Waals surface area contributed by atoms with Gasteiger partial charge in [-0.15, -0.1) is 16.8 Å². The molecule has 0 spiro atoms. The number of carbonyl (C=O) groups excluding carboxylic acids is 1. The minimum absolute atomic E-state index is 0.0547. The van der Waals surface area contributed by atoms with E-state index < -0.39 is 0 Å². The number of para-hydroxylation sites is 1. The van der Waals surface area contributed by atoms with Crippen LogP contribution in [0.15, 0.2) is 60.4 Å². The van der Waals surface area contributed by atoms with Crippen molar-refractivity contribution in [1.82, 2.24) is 14.6 Å². The molecule has 2 aromatic heterocycles. The molecule has 0 aliphatic rings. The van der Waals surface area contributed by atoms with E-state index in [1.165, 1.54) is 11.8 Å². The number of fused-ring (bicyclic) bond motifs is 1. The fourth-order valence-corrected chi connectivity index (χ4v) is 3.59. The molecule has 0 N–H and O–H groups in total. The Labute approximate surface area is 159 Å². The zero-order chi connectivity index (χ0) is 17.8. The fourth-order valence-electron chi connectivity index (χ4n) is 2.29. The van der Waals surface area contributed by atoms with Crippen LogP contribution in [0.3, 0.4) is 0 Å². The molecular weight excluding hydrogens is 379 g/mol. The van der Waals surface area contributed by atoms with Crippen molar-refractivity contribution in [3.8, 4) is 0 Å². The lowest BCUT2D eigenvalue weighted by atomic mass is 10.3. The molecule has 0 aliphatic heterocycles. The van der Waals surface area contributed by atoms with Crippen LogP contribution in [-0.4, -0.2) is 32.8 Å². The number of nitrogens with zero attached hydrogens (tertiary/aromatic N) is 4. The Morgan fingerprint density at radius 3 is 2.76 bits per heavy atom. The summed E-state index contributed by atoms with van der Waals surface area (Å²) in [5.41, 5.74) is 1.33. The first-order chi connectivity index (χ1) is 12.1. The van der Waals surface area contributed by atoms with Gasteiger partial charge in [-0.25, -0.2) is 0 Å². The number of rotatable bonds is 6. The van der Waals surface area contributed by atoms with Crippen LogP contribution in [-0.2, 0) is 4.79 Å². The molecule has 3 aromatic rings. The molecule has 8 heteroatoms. The maximum absolute atomic E-state index is 12.6. The first-order valence-corrected chi connectivity index (χ1v) is 9.13. The van der Waals surface area contributed by atoms with Crippen molar-refractivity contribution in [3.05, 3.63) is 65.3 Å². The topological polar surface area (TPSA) is 50.5 Å². The van der Waals surface area contributed by atoms with Gasteiger partial charge in [-0.1, -0.05) is 59.2 Å². The lowest BCUT2D eigenvalue weighted by molar-refractivity contribution is -0.116. The van der Waals surface area contributed by atoms with Gasteiger partial charge in [0.1, 0.15) is 0 Å². The minimum Gasteiger partial charge on any atom is -0.308 e. The van der Waals surface area contributed by atoms with Crippen LogP contribution >= 0.6 is 35.0 Å². The van der Waals surface area contributed by atoms with Crippen molar-refractivity contribution < 1.29 is 4.79 Å². The largest absolute Gasteiger partial charge is 0.308 e. The quantitative estimate of drug-likeness (QED) is 0.462. The van der Waals surface area contributed by atoms with Gasteiger partial charge in [0.25, 0.3) is 0 Å². The second-order valence-corrected chi connectivity index (χ2v) is 6.89. The molecule has 0 aliphatic carbocycles. The Bertz CT molecular complexity index is 914. The second kappa shape index (κ2) is 7.91. The Kier molecular flexibility index (Phi) is 5.63. The SMILES string of the molecule is C=CCN(C(=O)CSc1nnc2c(Cl)cc(Cl)cn12)c1ccccc1. The van der Waals surface area contributed by atoms with E-state index in [0.717, 1.165) is 5.69 Å². The summed E-state index contributed by atoms with van der Waals surface area (Å²) in [7, 11) is 0. The summed E-state index contributed by atoms with van der Waals surface area (Å²) in [6, 6.07) is 11.1. The summed E-state index contributed by atoms with van der Waals surface area (Å²) < 4.78 is 1.68. The van der Waals surface area contributed by atoms with Gasteiger partial charge in [0.15, 0.2) is 10.8 Å². The third-order valence-electron chi connectivity index (χ3n) is 3.40. The normalized spacial score (nSPS) is 10.8. The van der Waals surface area contributed by atoms with Gasteiger partial charge >= 0.3 is 0 Å². The summed E-state index contributed by atoms with van der Waals surface area (Å²) in [4.78, 5) is 14.3. The number of anilines is 1. The number of hydrogen-bond donors (Lipinski definition) is 0. The molecule has 0 saturated heterocycles. The van der Waals surface area contributed by atoms with Crippen LogP contribution in [0.25, 0.3) is 5.65 Å². The van der Waals surface area contributed by atoms with Gasteiger partial charge < -0.3 is 4.90 Å². The highest BCUT2D eigenvalue weighted by atomic mass is 35.5. The molecule has 0 atom stereocenters. The average Bonchev–Trinajstić information content (AvgIpc) is 3.01. The van der Waals surface area contributed by atoms with Gasteiger partial charge in [-0.2, -0.15) is 0 Å². The number of carbonyl (C=O) groups is 1. The lowest BCUT2D eigenvalue weighted by Gasteiger charge is -2.20. The van der Waals surface area contributed by atoms with E-state index in [4.69, 9.17) is 23.2 Å². The number of pyridine rings is 1. The highest BCUT2D eigenvalue weighted by Crippen LogP contribution is 2.26. The smallest absolute Gasteiger partial charge is 0.237 e. The van der Waals surface area contributed by atoms with Gasteiger partial charge in [-0.05, 0) is 18.2 Å².